The third-order valence-electron chi connectivity index (χ3n) is 3.04. The summed E-state index contributed by atoms with van der Waals surface area (Å²) < 4.78 is 0. The Bertz CT molecular complexity index is 576. The predicted molar refractivity (Wildman–Crippen MR) is 72.3 cm³/mol. The number of carbonyl (C=O) groups is 1. The van der Waals surface area contributed by atoms with Crippen LogP contribution in [0, 0.1) is 0 Å². The lowest BCUT2D eigenvalue weighted by molar-refractivity contribution is -0.118. The van der Waals surface area contributed by atoms with E-state index in [-0.39, 0.29) is 5.91 Å². The van der Waals surface area contributed by atoms with E-state index in [1.807, 2.05) is 29.6 Å². The average Bonchev–Trinajstić information content (AvgIpc) is 2.93. The monoisotopic (exact) mass is 259 g/mol. The number of anilines is 1. The van der Waals surface area contributed by atoms with Crippen LogP contribution in [0.4, 0.5) is 5.69 Å². The summed E-state index contributed by atoms with van der Waals surface area (Å²) in [7, 11) is 0. The average molecular weight is 259 g/mol. The van der Waals surface area contributed by atoms with Crippen molar-refractivity contribution in [3.05, 3.63) is 35.8 Å². The Balaban J connectivity index is 1.81. The van der Waals surface area contributed by atoms with E-state index < -0.39 is 5.54 Å². The summed E-state index contributed by atoms with van der Waals surface area (Å²) in [6, 6.07) is 7.66. The molecule has 3 N–H and O–H groups in total. The summed E-state index contributed by atoms with van der Waals surface area (Å²) in [5, 5.41) is 5.73. The fourth-order valence-corrected chi connectivity index (χ4v) is 2.35. The second kappa shape index (κ2) is 4.19. The Morgan fingerprint density at radius 3 is 2.94 bits per heavy atom. The normalized spacial score (nSPS) is 16.3. The van der Waals surface area contributed by atoms with Gasteiger partial charge in [0.2, 0.25) is 5.91 Å². The number of aromatic nitrogens is 1. The van der Waals surface area contributed by atoms with Gasteiger partial charge in [-0.2, -0.15) is 0 Å². The number of nitrogens with zero attached hydrogens (tertiary/aromatic N) is 1. The minimum Gasteiger partial charge on any atom is -0.324 e. The Hall–Kier alpha value is -1.72. The molecule has 0 atom stereocenters. The SMILES string of the molecule is NC1(C(=O)Nc2cccc(-c3nccs3)c2)CC1. The summed E-state index contributed by atoms with van der Waals surface area (Å²) in [5.74, 6) is -0.0983. The minimum atomic E-state index is -0.642. The molecule has 3 rings (SSSR count). The first kappa shape index (κ1) is 11.4. The van der Waals surface area contributed by atoms with Crippen molar-refractivity contribution < 1.29 is 4.79 Å². The van der Waals surface area contributed by atoms with Gasteiger partial charge in [0.15, 0.2) is 0 Å². The number of nitrogens with one attached hydrogen (secondary N) is 1. The zero-order valence-corrected chi connectivity index (χ0v) is 10.5. The molecule has 2 aromatic rings. The molecule has 18 heavy (non-hydrogen) atoms. The van der Waals surface area contributed by atoms with Crippen molar-refractivity contribution in [2.75, 3.05) is 5.32 Å². The van der Waals surface area contributed by atoms with Gasteiger partial charge in [-0.25, -0.2) is 4.98 Å². The maximum Gasteiger partial charge on any atom is 0.244 e. The van der Waals surface area contributed by atoms with Crippen LogP contribution in [0.15, 0.2) is 35.8 Å². The molecule has 1 saturated carbocycles. The standard InChI is InChI=1S/C13H13N3OS/c14-13(4-5-13)12(17)16-10-3-1-2-9(8-10)11-15-6-7-18-11/h1-3,6-8H,4-5,14H2,(H,16,17). The van der Waals surface area contributed by atoms with E-state index in [0.29, 0.717) is 0 Å². The first-order valence-electron chi connectivity index (χ1n) is 5.78. The number of rotatable bonds is 3. The summed E-state index contributed by atoms with van der Waals surface area (Å²) >= 11 is 1.57. The van der Waals surface area contributed by atoms with Gasteiger partial charge in [-0.05, 0) is 25.0 Å². The van der Waals surface area contributed by atoms with Gasteiger partial charge in [0.05, 0.1) is 5.54 Å². The molecule has 1 aromatic heterocycles. The van der Waals surface area contributed by atoms with Crippen molar-refractivity contribution in [3.8, 4) is 10.6 Å². The van der Waals surface area contributed by atoms with Crippen LogP contribution < -0.4 is 11.1 Å². The smallest absolute Gasteiger partial charge is 0.244 e. The highest BCUT2D eigenvalue weighted by atomic mass is 32.1. The van der Waals surface area contributed by atoms with E-state index in [2.05, 4.69) is 10.3 Å². The predicted octanol–water partition coefficient (Wildman–Crippen LogP) is 2.24. The fourth-order valence-electron chi connectivity index (χ4n) is 1.71. The van der Waals surface area contributed by atoms with Gasteiger partial charge >= 0.3 is 0 Å². The van der Waals surface area contributed by atoms with Crippen LogP contribution in [0.25, 0.3) is 10.6 Å². The Morgan fingerprint density at radius 1 is 1.44 bits per heavy atom. The second-order valence-corrected chi connectivity index (χ2v) is 5.42. The third kappa shape index (κ3) is 2.14. The molecule has 1 heterocycles. The summed E-state index contributed by atoms with van der Waals surface area (Å²) in [4.78, 5) is 16.1. The van der Waals surface area contributed by atoms with Crippen molar-refractivity contribution in [2.45, 2.75) is 18.4 Å². The van der Waals surface area contributed by atoms with E-state index in [1.54, 1.807) is 17.5 Å². The topological polar surface area (TPSA) is 68.0 Å². The van der Waals surface area contributed by atoms with E-state index in [1.165, 1.54) is 0 Å². The minimum absolute atomic E-state index is 0.0983. The molecular weight excluding hydrogens is 246 g/mol. The van der Waals surface area contributed by atoms with Crippen LogP contribution in [-0.2, 0) is 4.79 Å². The number of hydrogen-bond donors (Lipinski definition) is 2. The van der Waals surface area contributed by atoms with Crippen LogP contribution in [0.5, 0.6) is 0 Å². The van der Waals surface area contributed by atoms with Crippen molar-refractivity contribution >= 4 is 22.9 Å². The van der Waals surface area contributed by atoms with Crippen molar-refractivity contribution in [1.82, 2.24) is 4.98 Å². The fraction of sp³-hybridized carbons (Fsp3) is 0.231. The van der Waals surface area contributed by atoms with Crippen molar-refractivity contribution in [3.63, 3.8) is 0 Å². The third-order valence-corrected chi connectivity index (χ3v) is 3.86. The van der Waals surface area contributed by atoms with E-state index >= 15 is 0 Å². The zero-order chi connectivity index (χ0) is 12.6. The molecule has 1 aliphatic rings. The highest BCUT2D eigenvalue weighted by Crippen LogP contribution is 2.33. The van der Waals surface area contributed by atoms with Crippen molar-refractivity contribution in [2.24, 2.45) is 5.73 Å². The van der Waals surface area contributed by atoms with Crippen LogP contribution in [0.2, 0.25) is 0 Å². The number of hydrogen-bond acceptors (Lipinski definition) is 4. The first-order valence-corrected chi connectivity index (χ1v) is 6.66. The molecule has 4 nitrogen and oxygen atoms in total. The van der Waals surface area contributed by atoms with Gasteiger partial charge in [-0.3, -0.25) is 4.79 Å². The number of thiazole rings is 1. The number of amides is 1. The largest absolute Gasteiger partial charge is 0.324 e. The molecule has 0 unspecified atom stereocenters. The van der Waals surface area contributed by atoms with E-state index in [4.69, 9.17) is 5.73 Å². The van der Waals surface area contributed by atoms with Crippen LogP contribution in [-0.4, -0.2) is 16.4 Å². The summed E-state index contributed by atoms with van der Waals surface area (Å²) in [5.41, 5.74) is 6.98. The molecular formula is C13H13N3OS. The van der Waals surface area contributed by atoms with Gasteiger partial charge in [0, 0.05) is 22.8 Å². The van der Waals surface area contributed by atoms with Gasteiger partial charge in [-0.15, -0.1) is 11.3 Å². The molecule has 1 aliphatic carbocycles. The summed E-state index contributed by atoms with van der Waals surface area (Å²) in [6.45, 7) is 0. The number of benzene rings is 1. The maximum atomic E-state index is 11.8. The molecule has 1 amide bonds. The van der Waals surface area contributed by atoms with Crippen molar-refractivity contribution in [1.29, 1.82) is 0 Å². The number of nitrogens with two attached hydrogens (primary N) is 1. The summed E-state index contributed by atoms with van der Waals surface area (Å²) in [6.07, 6.45) is 3.31. The highest BCUT2D eigenvalue weighted by Gasteiger charge is 2.45. The Morgan fingerprint density at radius 2 is 2.28 bits per heavy atom. The zero-order valence-electron chi connectivity index (χ0n) is 9.72. The van der Waals surface area contributed by atoms with Gasteiger partial charge in [0.25, 0.3) is 0 Å². The molecule has 0 radical (unpaired) electrons. The lowest BCUT2D eigenvalue weighted by atomic mass is 10.2. The molecule has 5 heteroatoms. The lowest BCUT2D eigenvalue weighted by Crippen LogP contribution is -2.37. The molecule has 0 saturated heterocycles. The molecule has 1 fully saturated rings. The van der Waals surface area contributed by atoms with Crippen LogP contribution in [0.1, 0.15) is 12.8 Å². The first-order chi connectivity index (χ1) is 8.67. The lowest BCUT2D eigenvalue weighted by Gasteiger charge is -2.10. The van der Waals surface area contributed by atoms with Gasteiger partial charge < -0.3 is 11.1 Å². The van der Waals surface area contributed by atoms with Gasteiger partial charge in [-0.1, -0.05) is 12.1 Å². The molecule has 0 aliphatic heterocycles. The van der Waals surface area contributed by atoms with Crippen LogP contribution >= 0.6 is 11.3 Å². The highest BCUT2D eigenvalue weighted by molar-refractivity contribution is 7.13. The molecule has 92 valence electrons. The second-order valence-electron chi connectivity index (χ2n) is 4.53. The molecule has 1 aromatic carbocycles. The van der Waals surface area contributed by atoms with Crippen LogP contribution in [0.3, 0.4) is 0 Å². The maximum absolute atomic E-state index is 11.8. The van der Waals surface area contributed by atoms with E-state index in [0.717, 1.165) is 29.1 Å². The quantitative estimate of drug-likeness (QED) is 0.888. The number of carbonyl (C=O) groups excluding carboxylic acids is 1. The van der Waals surface area contributed by atoms with Gasteiger partial charge in [0.1, 0.15) is 5.01 Å². The van der Waals surface area contributed by atoms with E-state index in [9.17, 15) is 4.79 Å². The Labute approximate surface area is 109 Å². The Kier molecular flexibility index (Phi) is 2.65. The molecule has 0 bridgehead atoms. The molecule has 0 spiro atoms.